The van der Waals surface area contributed by atoms with E-state index >= 15 is 0 Å². The van der Waals surface area contributed by atoms with Gasteiger partial charge in [-0.15, -0.1) is 0 Å². The Morgan fingerprint density at radius 2 is 2.13 bits per heavy atom. The molecule has 3 N–H and O–H groups in total. The van der Waals surface area contributed by atoms with Gasteiger partial charge in [-0.05, 0) is 19.1 Å². The van der Waals surface area contributed by atoms with Gasteiger partial charge < -0.3 is 20.1 Å². The fourth-order valence-corrected chi connectivity index (χ4v) is 1.71. The first-order chi connectivity index (χ1) is 10.9. The number of ether oxygens (including phenoxy) is 1. The number of nitrogens with one attached hydrogen (secondary N) is 2. The summed E-state index contributed by atoms with van der Waals surface area (Å²) in [7, 11) is 3.20. The Kier molecular flexibility index (Phi) is 6.85. The van der Waals surface area contributed by atoms with Crippen LogP contribution in [0.5, 0.6) is 0 Å². The predicted molar refractivity (Wildman–Crippen MR) is 87.5 cm³/mol. The van der Waals surface area contributed by atoms with Crippen LogP contribution in [0.4, 0.5) is 16.3 Å². The van der Waals surface area contributed by atoms with Gasteiger partial charge in [0.15, 0.2) is 5.82 Å². The number of methoxy groups -OCH3 is 1. The van der Waals surface area contributed by atoms with Crippen LogP contribution in [0.25, 0.3) is 0 Å². The summed E-state index contributed by atoms with van der Waals surface area (Å²) in [5.74, 6) is -0.0861. The van der Waals surface area contributed by atoms with Gasteiger partial charge in [-0.3, -0.25) is 10.1 Å². The topological polar surface area (TPSA) is 104 Å². The number of amides is 1. The van der Waals surface area contributed by atoms with Crippen LogP contribution in [-0.2, 0) is 16.0 Å². The minimum Gasteiger partial charge on any atom is -0.469 e. The van der Waals surface area contributed by atoms with Crippen LogP contribution in [0.3, 0.4) is 0 Å². The zero-order valence-electron chi connectivity index (χ0n) is 13.5. The third-order valence-electron chi connectivity index (χ3n) is 3.22. The molecule has 1 heterocycles. The minimum absolute atomic E-state index is 0.00827. The Morgan fingerprint density at radius 3 is 2.70 bits per heavy atom. The van der Waals surface area contributed by atoms with Crippen molar-refractivity contribution in [2.45, 2.75) is 13.3 Å². The predicted octanol–water partition coefficient (Wildman–Crippen LogP) is 1.76. The highest BCUT2D eigenvalue weighted by atomic mass is 16.5. The molecular weight excluding hydrogens is 300 g/mol. The van der Waals surface area contributed by atoms with E-state index in [4.69, 9.17) is 5.11 Å². The molecule has 1 amide bonds. The molecule has 0 atom stereocenters. The van der Waals surface area contributed by atoms with Crippen molar-refractivity contribution in [2.75, 3.05) is 37.9 Å². The third kappa shape index (κ3) is 5.85. The van der Waals surface area contributed by atoms with E-state index < -0.39 is 12.1 Å². The van der Waals surface area contributed by atoms with Gasteiger partial charge in [-0.1, -0.05) is 6.58 Å². The molecule has 0 unspecified atom stereocenters. The van der Waals surface area contributed by atoms with Crippen LogP contribution in [0, 0.1) is 0 Å². The molecule has 0 spiro atoms. The van der Waals surface area contributed by atoms with E-state index in [0.717, 1.165) is 12.2 Å². The first-order valence-electron chi connectivity index (χ1n) is 7.06. The van der Waals surface area contributed by atoms with Crippen LogP contribution in [0.2, 0.25) is 0 Å². The quantitative estimate of drug-likeness (QED) is 0.626. The van der Waals surface area contributed by atoms with Crippen molar-refractivity contribution >= 4 is 23.6 Å². The lowest BCUT2D eigenvalue weighted by Gasteiger charge is -2.21. The summed E-state index contributed by atoms with van der Waals surface area (Å²) in [4.78, 5) is 28.4. The van der Waals surface area contributed by atoms with Gasteiger partial charge in [0.1, 0.15) is 0 Å². The first kappa shape index (κ1) is 18.3. The largest absolute Gasteiger partial charge is 0.469 e. The number of hydrogen-bond donors (Lipinski definition) is 3. The van der Waals surface area contributed by atoms with Crippen molar-refractivity contribution in [1.29, 1.82) is 0 Å². The normalized spacial score (nSPS) is 9.87. The number of carbonyl (C=O) groups is 2. The van der Waals surface area contributed by atoms with Crippen LogP contribution in [0.15, 0.2) is 24.4 Å². The van der Waals surface area contributed by atoms with E-state index in [1.165, 1.54) is 7.11 Å². The molecule has 8 nitrogen and oxygen atoms in total. The van der Waals surface area contributed by atoms with E-state index in [2.05, 4.69) is 26.9 Å². The lowest BCUT2D eigenvalue weighted by Crippen LogP contribution is -2.23. The van der Waals surface area contributed by atoms with Crippen molar-refractivity contribution in [3.05, 3.63) is 30.1 Å². The van der Waals surface area contributed by atoms with E-state index in [1.807, 2.05) is 18.9 Å². The fourth-order valence-electron chi connectivity index (χ4n) is 1.71. The molecule has 0 aromatic carbocycles. The van der Waals surface area contributed by atoms with E-state index in [-0.39, 0.29) is 6.42 Å². The Balaban J connectivity index is 2.93. The number of anilines is 2. The SMILES string of the molecule is C=C(CNc1nc(CC(=O)OC)ccc1NC(=O)O)N(C)CC. The van der Waals surface area contributed by atoms with Crippen LogP contribution in [0.1, 0.15) is 12.6 Å². The van der Waals surface area contributed by atoms with Gasteiger partial charge in [0.25, 0.3) is 0 Å². The van der Waals surface area contributed by atoms with Crippen molar-refractivity contribution in [3.8, 4) is 0 Å². The number of esters is 1. The summed E-state index contributed by atoms with van der Waals surface area (Å²) in [6.45, 7) is 7.14. The Morgan fingerprint density at radius 1 is 1.43 bits per heavy atom. The molecule has 1 rings (SSSR count). The molecule has 0 radical (unpaired) electrons. The zero-order valence-corrected chi connectivity index (χ0v) is 13.5. The summed E-state index contributed by atoms with van der Waals surface area (Å²) in [6.07, 6.45) is -1.19. The van der Waals surface area contributed by atoms with E-state index in [0.29, 0.717) is 23.7 Å². The molecule has 0 fully saturated rings. The number of pyridine rings is 1. The molecule has 0 saturated carbocycles. The van der Waals surface area contributed by atoms with Gasteiger partial charge in [0, 0.05) is 19.3 Å². The Hall–Kier alpha value is -2.77. The summed E-state index contributed by atoms with van der Waals surface area (Å²) >= 11 is 0. The maximum absolute atomic E-state index is 11.3. The molecule has 23 heavy (non-hydrogen) atoms. The summed E-state index contributed by atoms with van der Waals surface area (Å²) in [5.41, 5.74) is 1.61. The number of hydrogen-bond acceptors (Lipinski definition) is 6. The van der Waals surface area contributed by atoms with Gasteiger partial charge in [0.2, 0.25) is 0 Å². The monoisotopic (exact) mass is 322 g/mol. The molecule has 0 saturated heterocycles. The van der Waals surface area contributed by atoms with Gasteiger partial charge >= 0.3 is 12.1 Å². The highest BCUT2D eigenvalue weighted by Crippen LogP contribution is 2.20. The number of rotatable bonds is 8. The maximum Gasteiger partial charge on any atom is 0.409 e. The molecule has 8 heteroatoms. The van der Waals surface area contributed by atoms with Crippen LogP contribution >= 0.6 is 0 Å². The number of carbonyl (C=O) groups excluding carboxylic acids is 1. The smallest absolute Gasteiger partial charge is 0.409 e. The molecule has 1 aromatic rings. The van der Waals surface area contributed by atoms with Crippen molar-refractivity contribution < 1.29 is 19.4 Å². The second-order valence-electron chi connectivity index (χ2n) is 4.82. The summed E-state index contributed by atoms with van der Waals surface area (Å²) in [5, 5.41) is 14.2. The molecule has 126 valence electrons. The molecule has 1 aromatic heterocycles. The van der Waals surface area contributed by atoms with Gasteiger partial charge in [-0.25, -0.2) is 9.78 Å². The van der Waals surface area contributed by atoms with Crippen LogP contribution in [-0.4, -0.2) is 54.3 Å². The average molecular weight is 322 g/mol. The molecule has 0 bridgehead atoms. The second-order valence-corrected chi connectivity index (χ2v) is 4.82. The molecule has 0 aliphatic heterocycles. The third-order valence-corrected chi connectivity index (χ3v) is 3.22. The van der Waals surface area contributed by atoms with Crippen LogP contribution < -0.4 is 10.6 Å². The summed E-state index contributed by atoms with van der Waals surface area (Å²) in [6, 6.07) is 3.12. The number of carboxylic acid groups (broad SMARTS) is 1. The lowest BCUT2D eigenvalue weighted by atomic mass is 10.2. The fraction of sp³-hybridized carbons (Fsp3) is 0.400. The molecule has 0 aliphatic rings. The van der Waals surface area contributed by atoms with E-state index in [9.17, 15) is 9.59 Å². The van der Waals surface area contributed by atoms with Crippen molar-refractivity contribution in [3.63, 3.8) is 0 Å². The van der Waals surface area contributed by atoms with Crippen molar-refractivity contribution in [1.82, 2.24) is 9.88 Å². The number of aromatic nitrogens is 1. The highest BCUT2D eigenvalue weighted by molar-refractivity contribution is 5.87. The van der Waals surface area contributed by atoms with Crippen molar-refractivity contribution in [2.24, 2.45) is 0 Å². The highest BCUT2D eigenvalue weighted by Gasteiger charge is 2.12. The van der Waals surface area contributed by atoms with Gasteiger partial charge in [-0.2, -0.15) is 0 Å². The average Bonchev–Trinajstić information content (AvgIpc) is 2.52. The number of nitrogens with zero attached hydrogens (tertiary/aromatic N) is 2. The number of likely N-dealkylation sites (N-methyl/N-ethyl adjacent to an activating group) is 1. The van der Waals surface area contributed by atoms with E-state index in [1.54, 1.807) is 12.1 Å². The molecule has 0 aliphatic carbocycles. The Bertz CT molecular complexity index is 589. The Labute approximate surface area is 135 Å². The summed E-state index contributed by atoms with van der Waals surface area (Å²) < 4.78 is 4.60. The standard InChI is InChI=1S/C15H22N4O4/c1-5-19(3)10(2)9-16-14-12(18-15(21)22)7-6-11(17-14)8-13(20)23-4/h6-7,18H,2,5,8-9H2,1,3-4H3,(H,16,17)(H,21,22). The lowest BCUT2D eigenvalue weighted by molar-refractivity contribution is -0.139. The molecular formula is C15H22N4O4. The second kappa shape index (κ2) is 8.62. The zero-order chi connectivity index (χ0) is 17.4. The first-order valence-corrected chi connectivity index (χ1v) is 7.06. The maximum atomic E-state index is 11.3. The van der Waals surface area contributed by atoms with Gasteiger partial charge in [0.05, 0.1) is 31.5 Å². The minimum atomic E-state index is -1.19.